The van der Waals surface area contributed by atoms with Crippen LogP contribution in [0, 0.1) is 12.8 Å². The molecule has 2 aliphatic rings. The Hall–Kier alpha value is -2.27. The normalized spacial score (nSPS) is 20.8. The van der Waals surface area contributed by atoms with Crippen molar-refractivity contribution in [2.45, 2.75) is 69.6 Å². The van der Waals surface area contributed by atoms with Crippen molar-refractivity contribution in [2.75, 3.05) is 26.9 Å². The minimum atomic E-state index is -4.71. The lowest BCUT2D eigenvalue weighted by Crippen LogP contribution is -2.48. The molecule has 1 amide bonds. The zero-order valence-electron chi connectivity index (χ0n) is 19.8. The maximum Gasteiger partial charge on any atom is 0.435 e. The lowest BCUT2D eigenvalue weighted by molar-refractivity contribution is -0.141. The standard InChI is InChI=1S/C24H30F5N3O3/c1-15-11-17(21(33)30-14-22(34-2)7-9-35-10-8-22)13-19-31-20(24(27,28)29)18(32(15)19)12-16-3-5-23(25,26)6-4-16/h11,13,16H,3-10,12,14H2,1-2H3,(H,30,33). The summed E-state index contributed by atoms with van der Waals surface area (Å²) >= 11 is 0. The van der Waals surface area contributed by atoms with Gasteiger partial charge in [-0.2, -0.15) is 13.2 Å². The van der Waals surface area contributed by atoms with Crippen LogP contribution in [-0.4, -0.2) is 53.7 Å². The smallest absolute Gasteiger partial charge is 0.381 e. The Kier molecular flexibility index (Phi) is 7.11. The number of amides is 1. The molecule has 194 valence electrons. The first-order valence-electron chi connectivity index (χ1n) is 11.8. The molecular weight excluding hydrogens is 473 g/mol. The number of nitrogens with zero attached hydrogens (tertiary/aromatic N) is 2. The van der Waals surface area contributed by atoms with Crippen molar-refractivity contribution in [1.82, 2.24) is 14.7 Å². The predicted octanol–water partition coefficient (Wildman–Crippen LogP) is 4.95. The van der Waals surface area contributed by atoms with Crippen LogP contribution >= 0.6 is 0 Å². The van der Waals surface area contributed by atoms with Gasteiger partial charge in [-0.1, -0.05) is 0 Å². The second kappa shape index (κ2) is 9.65. The van der Waals surface area contributed by atoms with Crippen molar-refractivity contribution in [2.24, 2.45) is 5.92 Å². The van der Waals surface area contributed by atoms with Gasteiger partial charge in [0.05, 0.1) is 11.3 Å². The van der Waals surface area contributed by atoms with Gasteiger partial charge in [0.25, 0.3) is 5.91 Å². The number of imidazole rings is 1. The van der Waals surface area contributed by atoms with Gasteiger partial charge in [0.2, 0.25) is 5.92 Å². The number of carbonyl (C=O) groups is 1. The van der Waals surface area contributed by atoms with Crippen molar-refractivity contribution < 1.29 is 36.2 Å². The first kappa shape index (κ1) is 25.8. The second-order valence-electron chi connectivity index (χ2n) is 9.67. The number of aromatic nitrogens is 2. The predicted molar refractivity (Wildman–Crippen MR) is 118 cm³/mol. The van der Waals surface area contributed by atoms with Gasteiger partial charge in [0, 0.05) is 63.8 Å². The lowest BCUT2D eigenvalue weighted by atomic mass is 9.83. The summed E-state index contributed by atoms with van der Waals surface area (Å²) in [6, 6.07) is 2.85. The molecule has 0 aromatic carbocycles. The lowest BCUT2D eigenvalue weighted by Gasteiger charge is -2.35. The Labute approximate surface area is 200 Å². The van der Waals surface area contributed by atoms with Crippen molar-refractivity contribution in [1.29, 1.82) is 0 Å². The number of halogens is 5. The number of methoxy groups -OCH3 is 1. The number of pyridine rings is 1. The number of ether oxygens (including phenoxy) is 2. The van der Waals surface area contributed by atoms with E-state index in [2.05, 4.69) is 10.3 Å². The number of rotatable bonds is 6. The quantitative estimate of drug-likeness (QED) is 0.567. The van der Waals surface area contributed by atoms with Crippen LogP contribution in [0.3, 0.4) is 0 Å². The fraction of sp³-hybridized carbons (Fsp3) is 0.667. The highest BCUT2D eigenvalue weighted by atomic mass is 19.4. The average Bonchev–Trinajstić information content (AvgIpc) is 3.19. The molecule has 1 saturated carbocycles. The third-order valence-electron chi connectivity index (χ3n) is 7.26. The third-order valence-corrected chi connectivity index (χ3v) is 7.26. The minimum absolute atomic E-state index is 0.00307. The van der Waals surface area contributed by atoms with E-state index in [4.69, 9.17) is 9.47 Å². The maximum atomic E-state index is 13.9. The van der Waals surface area contributed by atoms with Crippen LogP contribution in [0.1, 0.15) is 66.0 Å². The van der Waals surface area contributed by atoms with E-state index in [9.17, 15) is 26.7 Å². The van der Waals surface area contributed by atoms with Crippen LogP contribution < -0.4 is 5.32 Å². The van der Waals surface area contributed by atoms with Crippen molar-refractivity contribution in [3.8, 4) is 0 Å². The summed E-state index contributed by atoms with van der Waals surface area (Å²) < 4.78 is 81.0. The number of nitrogens with one attached hydrogen (secondary N) is 1. The molecule has 0 radical (unpaired) electrons. The number of hydrogen-bond donors (Lipinski definition) is 1. The van der Waals surface area contributed by atoms with Crippen LogP contribution in [0.15, 0.2) is 12.1 Å². The summed E-state index contributed by atoms with van der Waals surface area (Å²) in [4.78, 5) is 16.7. The number of hydrogen-bond acceptors (Lipinski definition) is 4. The van der Waals surface area contributed by atoms with E-state index in [0.29, 0.717) is 31.7 Å². The molecule has 0 spiro atoms. The molecule has 0 atom stereocenters. The highest BCUT2D eigenvalue weighted by molar-refractivity contribution is 5.95. The fourth-order valence-corrected chi connectivity index (χ4v) is 5.10. The highest BCUT2D eigenvalue weighted by Gasteiger charge is 2.41. The Morgan fingerprint density at radius 1 is 1.20 bits per heavy atom. The van der Waals surface area contributed by atoms with Gasteiger partial charge in [-0.15, -0.1) is 0 Å². The summed E-state index contributed by atoms with van der Waals surface area (Å²) in [5, 5.41) is 2.83. The van der Waals surface area contributed by atoms with Gasteiger partial charge in [-0.3, -0.25) is 4.79 Å². The van der Waals surface area contributed by atoms with Gasteiger partial charge in [0.15, 0.2) is 5.69 Å². The van der Waals surface area contributed by atoms with Gasteiger partial charge in [-0.25, -0.2) is 13.8 Å². The third kappa shape index (κ3) is 5.61. The van der Waals surface area contributed by atoms with Gasteiger partial charge in [-0.05, 0) is 44.2 Å². The molecule has 35 heavy (non-hydrogen) atoms. The van der Waals surface area contributed by atoms with Crippen molar-refractivity contribution in [3.05, 3.63) is 34.8 Å². The monoisotopic (exact) mass is 503 g/mol. The largest absolute Gasteiger partial charge is 0.435 e. The summed E-state index contributed by atoms with van der Waals surface area (Å²) in [7, 11) is 1.58. The average molecular weight is 504 g/mol. The zero-order chi connectivity index (χ0) is 25.4. The molecule has 0 unspecified atom stereocenters. The number of fused-ring (bicyclic) bond motifs is 1. The molecule has 11 heteroatoms. The van der Waals surface area contributed by atoms with Crippen molar-refractivity contribution in [3.63, 3.8) is 0 Å². The molecule has 2 aromatic rings. The molecule has 4 rings (SSSR count). The molecule has 0 bridgehead atoms. The summed E-state index contributed by atoms with van der Waals surface area (Å²) in [6.07, 6.45) is -3.81. The van der Waals surface area contributed by atoms with E-state index in [0.717, 1.165) is 0 Å². The summed E-state index contributed by atoms with van der Waals surface area (Å²) in [5.41, 5.74) is -1.02. The molecule has 2 aromatic heterocycles. The minimum Gasteiger partial charge on any atom is -0.381 e. The van der Waals surface area contributed by atoms with Crippen LogP contribution in [0.5, 0.6) is 0 Å². The molecule has 6 nitrogen and oxygen atoms in total. The van der Waals surface area contributed by atoms with E-state index >= 15 is 0 Å². The Morgan fingerprint density at radius 2 is 1.86 bits per heavy atom. The Bertz CT molecular complexity index is 1070. The Balaban J connectivity index is 1.60. The summed E-state index contributed by atoms with van der Waals surface area (Å²) in [6.45, 7) is 2.89. The zero-order valence-corrected chi connectivity index (χ0v) is 19.8. The van der Waals surface area contributed by atoms with Crippen LogP contribution in [0.4, 0.5) is 22.0 Å². The summed E-state index contributed by atoms with van der Waals surface area (Å²) in [5.74, 6) is -3.48. The molecule has 1 aliphatic carbocycles. The van der Waals surface area contributed by atoms with E-state index < -0.39 is 29.3 Å². The SMILES string of the molecule is COC1(CNC(=O)c2cc(C)n3c(CC4CCC(F)(F)CC4)c(C(F)(F)F)nc3c2)CCOCC1. The first-order chi connectivity index (χ1) is 16.4. The molecular formula is C24H30F5N3O3. The topological polar surface area (TPSA) is 64.9 Å². The van der Waals surface area contributed by atoms with E-state index in [1.54, 1.807) is 14.0 Å². The maximum absolute atomic E-state index is 13.9. The molecule has 3 heterocycles. The highest BCUT2D eigenvalue weighted by Crippen LogP contribution is 2.40. The Morgan fingerprint density at radius 3 is 2.46 bits per heavy atom. The van der Waals surface area contributed by atoms with Gasteiger partial charge in [0.1, 0.15) is 5.65 Å². The number of alkyl halides is 5. The van der Waals surface area contributed by atoms with Gasteiger partial charge < -0.3 is 19.2 Å². The van der Waals surface area contributed by atoms with E-state index in [1.165, 1.54) is 16.5 Å². The molecule has 1 saturated heterocycles. The molecule has 1 N–H and O–H groups in total. The molecule has 2 fully saturated rings. The van der Waals surface area contributed by atoms with E-state index in [-0.39, 0.29) is 61.5 Å². The van der Waals surface area contributed by atoms with E-state index in [1.807, 2.05) is 0 Å². The van der Waals surface area contributed by atoms with Crippen molar-refractivity contribution >= 4 is 11.6 Å². The number of aryl methyl sites for hydroxylation is 1. The first-order valence-corrected chi connectivity index (χ1v) is 11.8. The van der Waals surface area contributed by atoms with Crippen LogP contribution in [-0.2, 0) is 22.1 Å². The molecule has 1 aliphatic heterocycles. The number of carbonyl (C=O) groups excluding carboxylic acids is 1. The second-order valence-corrected chi connectivity index (χ2v) is 9.67. The van der Waals surface area contributed by atoms with Crippen LogP contribution in [0.2, 0.25) is 0 Å². The fourth-order valence-electron chi connectivity index (χ4n) is 5.10. The van der Waals surface area contributed by atoms with Crippen LogP contribution in [0.25, 0.3) is 5.65 Å². The van der Waals surface area contributed by atoms with Gasteiger partial charge >= 0.3 is 6.18 Å².